The van der Waals surface area contributed by atoms with Gasteiger partial charge in [0.05, 0.1) is 0 Å². The molecule has 6 heteroatoms. The highest BCUT2D eigenvalue weighted by molar-refractivity contribution is 5.94. The summed E-state index contributed by atoms with van der Waals surface area (Å²) in [5, 5.41) is 0. The molecule has 1 fully saturated rings. The van der Waals surface area contributed by atoms with Crippen LogP contribution in [-0.2, 0) is 0 Å². The fourth-order valence-electron chi connectivity index (χ4n) is 3.34. The van der Waals surface area contributed by atoms with Crippen molar-refractivity contribution in [2.75, 3.05) is 40.3 Å². The first kappa shape index (κ1) is 18.8. The number of piperazine rings is 1. The summed E-state index contributed by atoms with van der Waals surface area (Å²) in [6.07, 6.45) is 1.08. The number of amides is 1. The van der Waals surface area contributed by atoms with Gasteiger partial charge in [-0.3, -0.25) is 9.69 Å². The minimum Gasteiger partial charge on any atom is -0.336 e. The molecule has 0 N–H and O–H groups in total. The number of hydrogen-bond donors (Lipinski definition) is 0. The molecule has 2 unspecified atom stereocenters. The summed E-state index contributed by atoms with van der Waals surface area (Å²) < 4.78 is 26.4. The Hall–Kier alpha value is -1.53. The maximum absolute atomic E-state index is 13.4. The van der Waals surface area contributed by atoms with E-state index in [1.165, 1.54) is 6.07 Å². The summed E-state index contributed by atoms with van der Waals surface area (Å²) in [5.41, 5.74) is 0.203. The first-order valence-electron chi connectivity index (χ1n) is 8.44. The fourth-order valence-corrected chi connectivity index (χ4v) is 3.34. The van der Waals surface area contributed by atoms with Crippen molar-refractivity contribution in [3.8, 4) is 0 Å². The Balaban J connectivity index is 1.99. The summed E-state index contributed by atoms with van der Waals surface area (Å²) in [5.74, 6) is -2.15. The molecule has 4 nitrogen and oxygen atoms in total. The molecule has 1 aliphatic heterocycles. The van der Waals surface area contributed by atoms with Crippen LogP contribution in [0.4, 0.5) is 8.78 Å². The van der Waals surface area contributed by atoms with Crippen molar-refractivity contribution in [3.63, 3.8) is 0 Å². The largest absolute Gasteiger partial charge is 0.336 e. The zero-order valence-electron chi connectivity index (χ0n) is 14.9. The Morgan fingerprint density at radius 3 is 2.33 bits per heavy atom. The van der Waals surface area contributed by atoms with Crippen molar-refractivity contribution < 1.29 is 13.6 Å². The van der Waals surface area contributed by atoms with E-state index in [4.69, 9.17) is 0 Å². The van der Waals surface area contributed by atoms with Crippen molar-refractivity contribution in [1.29, 1.82) is 0 Å². The smallest absolute Gasteiger partial charge is 0.254 e. The highest BCUT2D eigenvalue weighted by atomic mass is 19.2. The molecule has 134 valence electrons. The van der Waals surface area contributed by atoms with Crippen molar-refractivity contribution in [3.05, 3.63) is 35.4 Å². The van der Waals surface area contributed by atoms with Gasteiger partial charge in [-0.2, -0.15) is 0 Å². The maximum Gasteiger partial charge on any atom is 0.254 e. The van der Waals surface area contributed by atoms with Gasteiger partial charge < -0.3 is 9.80 Å². The second kappa shape index (κ2) is 8.03. The van der Waals surface area contributed by atoms with Crippen LogP contribution in [0, 0.1) is 11.6 Å². The van der Waals surface area contributed by atoms with E-state index in [1.54, 1.807) is 4.90 Å². The van der Waals surface area contributed by atoms with Gasteiger partial charge in [0, 0.05) is 37.3 Å². The topological polar surface area (TPSA) is 26.8 Å². The predicted molar refractivity (Wildman–Crippen MR) is 91.1 cm³/mol. The molecular weight excluding hydrogens is 312 g/mol. The van der Waals surface area contributed by atoms with Crippen LogP contribution in [0.15, 0.2) is 18.2 Å². The molecule has 0 bridgehead atoms. The quantitative estimate of drug-likeness (QED) is 0.824. The van der Waals surface area contributed by atoms with Gasteiger partial charge in [-0.1, -0.05) is 0 Å². The monoisotopic (exact) mass is 339 g/mol. The molecule has 1 aromatic carbocycles. The summed E-state index contributed by atoms with van der Waals surface area (Å²) in [6.45, 7) is 7.45. The summed E-state index contributed by atoms with van der Waals surface area (Å²) >= 11 is 0. The molecule has 0 aromatic heterocycles. The SMILES string of the molecule is CC1CN(C(=O)c2ccc(F)c(F)c2)CC(C)N1CCCN(C)C. The number of carbonyl (C=O) groups is 1. The minimum atomic E-state index is -0.982. The average Bonchev–Trinajstić information content (AvgIpc) is 2.51. The van der Waals surface area contributed by atoms with Crippen LogP contribution in [-0.4, -0.2) is 73.0 Å². The Kier molecular flexibility index (Phi) is 6.29. The van der Waals surface area contributed by atoms with E-state index < -0.39 is 11.6 Å². The predicted octanol–water partition coefficient (Wildman–Crippen LogP) is 2.45. The molecule has 0 saturated carbocycles. The van der Waals surface area contributed by atoms with Gasteiger partial charge >= 0.3 is 0 Å². The summed E-state index contributed by atoms with van der Waals surface area (Å²) in [7, 11) is 4.12. The lowest BCUT2D eigenvalue weighted by molar-refractivity contribution is 0.0294. The normalized spacial score (nSPS) is 22.2. The van der Waals surface area contributed by atoms with Gasteiger partial charge in [0.2, 0.25) is 0 Å². The van der Waals surface area contributed by atoms with Gasteiger partial charge in [0.15, 0.2) is 11.6 Å². The third-order valence-corrected chi connectivity index (χ3v) is 4.58. The molecular formula is C18H27F2N3O. The zero-order chi connectivity index (χ0) is 17.9. The second-order valence-corrected chi connectivity index (χ2v) is 6.93. The highest BCUT2D eigenvalue weighted by Crippen LogP contribution is 2.19. The number of halogens is 2. The van der Waals surface area contributed by atoms with Gasteiger partial charge in [-0.25, -0.2) is 8.78 Å². The Bertz CT molecular complexity index is 567. The number of benzene rings is 1. The molecule has 1 aliphatic rings. The van der Waals surface area contributed by atoms with Crippen LogP contribution >= 0.6 is 0 Å². The number of carbonyl (C=O) groups excluding carboxylic acids is 1. The minimum absolute atomic E-state index is 0.203. The van der Waals surface area contributed by atoms with Gasteiger partial charge in [-0.15, -0.1) is 0 Å². The van der Waals surface area contributed by atoms with Crippen molar-refractivity contribution in [2.24, 2.45) is 0 Å². The molecule has 1 amide bonds. The summed E-state index contributed by atoms with van der Waals surface area (Å²) in [6, 6.07) is 3.82. The third kappa shape index (κ3) is 4.51. The average molecular weight is 339 g/mol. The Morgan fingerprint density at radius 1 is 1.17 bits per heavy atom. The molecule has 0 radical (unpaired) electrons. The molecule has 0 spiro atoms. The molecule has 0 aliphatic carbocycles. The van der Waals surface area contributed by atoms with Crippen molar-refractivity contribution >= 4 is 5.91 Å². The van der Waals surface area contributed by atoms with Gasteiger partial charge in [-0.05, 0) is 59.1 Å². The zero-order valence-corrected chi connectivity index (χ0v) is 14.9. The van der Waals surface area contributed by atoms with E-state index in [9.17, 15) is 13.6 Å². The van der Waals surface area contributed by atoms with E-state index in [2.05, 4.69) is 37.7 Å². The first-order valence-corrected chi connectivity index (χ1v) is 8.44. The Morgan fingerprint density at radius 2 is 1.79 bits per heavy atom. The van der Waals surface area contributed by atoms with Crippen LogP contribution in [0.5, 0.6) is 0 Å². The van der Waals surface area contributed by atoms with Crippen LogP contribution < -0.4 is 0 Å². The fraction of sp³-hybridized carbons (Fsp3) is 0.611. The molecule has 1 aromatic rings. The van der Waals surface area contributed by atoms with Crippen molar-refractivity contribution in [1.82, 2.24) is 14.7 Å². The first-order chi connectivity index (χ1) is 11.3. The lowest BCUT2D eigenvalue weighted by atomic mass is 10.1. The molecule has 1 heterocycles. The maximum atomic E-state index is 13.4. The van der Waals surface area contributed by atoms with Crippen LogP contribution in [0.3, 0.4) is 0 Å². The van der Waals surface area contributed by atoms with Gasteiger partial charge in [0.1, 0.15) is 0 Å². The second-order valence-electron chi connectivity index (χ2n) is 6.93. The molecule has 1 saturated heterocycles. The van der Waals surface area contributed by atoms with Crippen LogP contribution in [0.25, 0.3) is 0 Å². The van der Waals surface area contributed by atoms with Crippen molar-refractivity contribution in [2.45, 2.75) is 32.4 Å². The summed E-state index contributed by atoms with van der Waals surface area (Å²) in [4.78, 5) is 18.9. The van der Waals surface area contributed by atoms with E-state index in [-0.39, 0.29) is 23.6 Å². The third-order valence-electron chi connectivity index (χ3n) is 4.58. The number of rotatable bonds is 5. The Labute approximate surface area is 143 Å². The number of nitrogens with zero attached hydrogens (tertiary/aromatic N) is 3. The molecule has 2 rings (SSSR count). The van der Waals surface area contributed by atoms with E-state index >= 15 is 0 Å². The van der Waals surface area contributed by atoms with Crippen LogP contribution in [0.1, 0.15) is 30.6 Å². The standard InChI is InChI=1S/C18H27F2N3O/c1-13-11-22(12-14(2)23(13)9-5-8-21(3)4)18(24)15-6-7-16(19)17(20)10-15/h6-7,10,13-14H,5,8-9,11-12H2,1-4H3. The lowest BCUT2D eigenvalue weighted by Crippen LogP contribution is -2.58. The van der Waals surface area contributed by atoms with E-state index in [1.807, 2.05) is 0 Å². The van der Waals surface area contributed by atoms with E-state index in [0.29, 0.717) is 13.1 Å². The lowest BCUT2D eigenvalue weighted by Gasteiger charge is -2.44. The highest BCUT2D eigenvalue weighted by Gasteiger charge is 2.32. The molecule has 24 heavy (non-hydrogen) atoms. The van der Waals surface area contributed by atoms with E-state index in [0.717, 1.165) is 31.6 Å². The number of hydrogen-bond acceptors (Lipinski definition) is 3. The van der Waals surface area contributed by atoms with Crippen LogP contribution in [0.2, 0.25) is 0 Å². The van der Waals surface area contributed by atoms with Gasteiger partial charge in [0.25, 0.3) is 5.91 Å². The molecule has 2 atom stereocenters.